The van der Waals surface area contributed by atoms with Crippen LogP contribution in [0.4, 0.5) is 0 Å². The molecule has 0 aliphatic carbocycles. The summed E-state index contributed by atoms with van der Waals surface area (Å²) < 4.78 is 11.7. The van der Waals surface area contributed by atoms with Gasteiger partial charge in [0.15, 0.2) is 11.5 Å². The maximum Gasteiger partial charge on any atom is 0.163 e. The summed E-state index contributed by atoms with van der Waals surface area (Å²) >= 11 is 12.4. The van der Waals surface area contributed by atoms with E-state index in [1.165, 1.54) is 0 Å². The van der Waals surface area contributed by atoms with Crippen molar-refractivity contribution in [3.05, 3.63) is 57.6 Å². The van der Waals surface area contributed by atoms with Crippen LogP contribution in [0.1, 0.15) is 38.8 Å². The first-order valence-electron chi connectivity index (χ1n) is 8.36. The van der Waals surface area contributed by atoms with E-state index < -0.39 is 0 Å². The Labute approximate surface area is 160 Å². The Kier molecular flexibility index (Phi) is 7.00. The topological polar surface area (TPSA) is 30.5 Å². The van der Waals surface area contributed by atoms with Gasteiger partial charge in [0, 0.05) is 28.2 Å². The summed E-state index contributed by atoms with van der Waals surface area (Å²) in [6.07, 6.45) is 0. The maximum atomic E-state index is 6.44. The maximum absolute atomic E-state index is 6.44. The van der Waals surface area contributed by atoms with Gasteiger partial charge in [-0.05, 0) is 57.0 Å². The van der Waals surface area contributed by atoms with Crippen LogP contribution in [0.3, 0.4) is 0 Å². The van der Waals surface area contributed by atoms with E-state index in [4.69, 9.17) is 32.7 Å². The first-order valence-corrected chi connectivity index (χ1v) is 9.11. The van der Waals surface area contributed by atoms with Gasteiger partial charge in [-0.2, -0.15) is 0 Å². The SMILES string of the molecule is CCOc1cc(CNC(C)(C)C)c(Cl)cc1OCc1ccc(Cl)cc1. The lowest BCUT2D eigenvalue weighted by Crippen LogP contribution is -2.35. The fourth-order valence-corrected chi connectivity index (χ4v) is 2.54. The van der Waals surface area contributed by atoms with Crippen LogP contribution in [0.15, 0.2) is 36.4 Å². The number of hydrogen-bond donors (Lipinski definition) is 1. The second-order valence-corrected chi connectivity index (χ2v) is 7.69. The quantitative estimate of drug-likeness (QED) is 0.651. The minimum absolute atomic E-state index is 0.0128. The number of nitrogens with one attached hydrogen (secondary N) is 1. The fraction of sp³-hybridized carbons (Fsp3) is 0.400. The predicted octanol–water partition coefficient (Wildman–Crippen LogP) is 5.86. The van der Waals surface area contributed by atoms with Crippen LogP contribution in [0.25, 0.3) is 0 Å². The molecule has 0 amide bonds. The molecule has 5 heteroatoms. The molecule has 3 nitrogen and oxygen atoms in total. The number of rotatable bonds is 7. The van der Waals surface area contributed by atoms with Crippen LogP contribution in [0.2, 0.25) is 10.0 Å². The van der Waals surface area contributed by atoms with E-state index in [9.17, 15) is 0 Å². The Morgan fingerprint density at radius 2 is 1.60 bits per heavy atom. The van der Waals surface area contributed by atoms with Gasteiger partial charge >= 0.3 is 0 Å². The van der Waals surface area contributed by atoms with E-state index in [0.29, 0.717) is 41.3 Å². The molecule has 1 N–H and O–H groups in total. The lowest BCUT2D eigenvalue weighted by atomic mass is 10.1. The van der Waals surface area contributed by atoms with Gasteiger partial charge in [0.05, 0.1) is 6.61 Å². The van der Waals surface area contributed by atoms with Gasteiger partial charge in [0.1, 0.15) is 6.61 Å². The average molecular weight is 382 g/mol. The standard InChI is InChI=1S/C20H25Cl2NO2/c1-5-24-18-10-15(12-23-20(2,3)4)17(22)11-19(18)25-13-14-6-8-16(21)9-7-14/h6-11,23H,5,12-13H2,1-4H3. The minimum atomic E-state index is 0.0128. The highest BCUT2D eigenvalue weighted by molar-refractivity contribution is 6.31. The number of halogens is 2. The molecule has 0 atom stereocenters. The van der Waals surface area contributed by atoms with E-state index in [1.807, 2.05) is 43.3 Å². The summed E-state index contributed by atoms with van der Waals surface area (Å²) in [7, 11) is 0. The second-order valence-electron chi connectivity index (χ2n) is 6.84. The largest absolute Gasteiger partial charge is 0.490 e. The Hall–Kier alpha value is -1.42. The summed E-state index contributed by atoms with van der Waals surface area (Å²) in [5, 5.41) is 4.80. The summed E-state index contributed by atoms with van der Waals surface area (Å²) in [4.78, 5) is 0. The summed E-state index contributed by atoms with van der Waals surface area (Å²) in [6.45, 7) is 9.96. The van der Waals surface area contributed by atoms with Crippen molar-refractivity contribution in [1.82, 2.24) is 5.32 Å². The Morgan fingerprint density at radius 3 is 2.20 bits per heavy atom. The highest BCUT2D eigenvalue weighted by atomic mass is 35.5. The van der Waals surface area contributed by atoms with Crippen molar-refractivity contribution in [2.45, 2.75) is 46.4 Å². The highest BCUT2D eigenvalue weighted by Gasteiger charge is 2.14. The third kappa shape index (κ3) is 6.43. The van der Waals surface area contributed by atoms with Crippen LogP contribution in [0, 0.1) is 0 Å². The van der Waals surface area contributed by atoms with Crippen LogP contribution in [-0.2, 0) is 13.2 Å². The predicted molar refractivity (Wildman–Crippen MR) is 105 cm³/mol. The molecule has 136 valence electrons. The molecule has 0 bridgehead atoms. The fourth-order valence-electron chi connectivity index (χ4n) is 2.20. The van der Waals surface area contributed by atoms with Crippen LogP contribution in [-0.4, -0.2) is 12.1 Å². The monoisotopic (exact) mass is 381 g/mol. The van der Waals surface area contributed by atoms with E-state index in [2.05, 4.69) is 26.1 Å². The molecule has 0 radical (unpaired) electrons. The normalized spacial score (nSPS) is 11.4. The highest BCUT2D eigenvalue weighted by Crippen LogP contribution is 2.34. The van der Waals surface area contributed by atoms with Crippen LogP contribution >= 0.6 is 23.2 Å². The van der Waals surface area contributed by atoms with E-state index in [0.717, 1.165) is 11.1 Å². The van der Waals surface area contributed by atoms with Gasteiger partial charge in [-0.25, -0.2) is 0 Å². The summed E-state index contributed by atoms with van der Waals surface area (Å²) in [5.41, 5.74) is 2.03. The molecule has 0 spiro atoms. The molecule has 0 saturated carbocycles. The molecule has 0 fully saturated rings. The van der Waals surface area contributed by atoms with Crippen molar-refractivity contribution in [3.63, 3.8) is 0 Å². The van der Waals surface area contributed by atoms with Gasteiger partial charge in [-0.15, -0.1) is 0 Å². The zero-order chi connectivity index (χ0) is 18.4. The zero-order valence-electron chi connectivity index (χ0n) is 15.2. The van der Waals surface area contributed by atoms with E-state index in [1.54, 1.807) is 0 Å². The molecule has 2 aromatic rings. The molecule has 0 unspecified atom stereocenters. The van der Waals surface area contributed by atoms with Crippen LogP contribution < -0.4 is 14.8 Å². The molecular weight excluding hydrogens is 357 g/mol. The van der Waals surface area contributed by atoms with Gasteiger partial charge in [-0.1, -0.05) is 35.3 Å². The van der Waals surface area contributed by atoms with E-state index in [-0.39, 0.29) is 5.54 Å². The van der Waals surface area contributed by atoms with Crippen molar-refractivity contribution in [2.75, 3.05) is 6.61 Å². The number of ether oxygens (including phenoxy) is 2. The van der Waals surface area contributed by atoms with E-state index >= 15 is 0 Å². The van der Waals surface area contributed by atoms with Gasteiger partial charge < -0.3 is 14.8 Å². The van der Waals surface area contributed by atoms with Crippen molar-refractivity contribution in [1.29, 1.82) is 0 Å². The molecular formula is C20H25Cl2NO2. The molecule has 0 aliphatic heterocycles. The van der Waals surface area contributed by atoms with Gasteiger partial charge in [0.25, 0.3) is 0 Å². The lowest BCUT2D eigenvalue weighted by Gasteiger charge is -2.22. The number of hydrogen-bond acceptors (Lipinski definition) is 3. The Bertz CT molecular complexity index is 694. The first-order chi connectivity index (χ1) is 11.8. The van der Waals surface area contributed by atoms with Crippen LogP contribution in [0.5, 0.6) is 11.5 Å². The minimum Gasteiger partial charge on any atom is -0.490 e. The molecule has 0 saturated heterocycles. The second kappa shape index (κ2) is 8.79. The third-order valence-corrected chi connectivity index (χ3v) is 4.13. The molecule has 2 aromatic carbocycles. The average Bonchev–Trinajstić information content (AvgIpc) is 2.54. The molecule has 25 heavy (non-hydrogen) atoms. The van der Waals surface area contributed by atoms with Gasteiger partial charge in [-0.3, -0.25) is 0 Å². The molecule has 0 heterocycles. The molecule has 0 aliphatic rings. The summed E-state index contributed by atoms with van der Waals surface area (Å²) in [6, 6.07) is 11.3. The van der Waals surface area contributed by atoms with Crippen molar-refractivity contribution in [2.24, 2.45) is 0 Å². The number of benzene rings is 2. The van der Waals surface area contributed by atoms with Gasteiger partial charge in [0.2, 0.25) is 0 Å². The van der Waals surface area contributed by atoms with Crippen molar-refractivity contribution in [3.8, 4) is 11.5 Å². The molecule has 0 aromatic heterocycles. The Balaban J connectivity index is 2.15. The molecule has 2 rings (SSSR count). The first kappa shape index (κ1) is 19.9. The van der Waals surface area contributed by atoms with Crippen molar-refractivity contribution < 1.29 is 9.47 Å². The zero-order valence-corrected chi connectivity index (χ0v) is 16.7. The summed E-state index contributed by atoms with van der Waals surface area (Å²) in [5.74, 6) is 1.34. The Morgan fingerprint density at radius 1 is 0.960 bits per heavy atom. The smallest absolute Gasteiger partial charge is 0.163 e. The van der Waals surface area contributed by atoms with Crippen molar-refractivity contribution >= 4 is 23.2 Å². The third-order valence-electron chi connectivity index (χ3n) is 3.53. The lowest BCUT2D eigenvalue weighted by molar-refractivity contribution is 0.269.